The third-order valence-corrected chi connectivity index (χ3v) is 5.70. The van der Waals surface area contributed by atoms with Crippen molar-refractivity contribution in [3.8, 4) is 0 Å². The van der Waals surface area contributed by atoms with Gasteiger partial charge in [0.15, 0.2) is 0 Å². The summed E-state index contributed by atoms with van der Waals surface area (Å²) in [5.41, 5.74) is 0.183. The second-order valence-corrected chi connectivity index (χ2v) is 7.18. The van der Waals surface area contributed by atoms with Crippen molar-refractivity contribution in [3.63, 3.8) is 0 Å². The second kappa shape index (κ2) is 8.64. The molecule has 0 N–H and O–H groups in total. The van der Waals surface area contributed by atoms with Gasteiger partial charge >= 0.3 is 8.80 Å². The zero-order chi connectivity index (χ0) is 13.3. The van der Waals surface area contributed by atoms with Gasteiger partial charge in [-0.25, -0.2) is 0 Å². The van der Waals surface area contributed by atoms with Crippen molar-refractivity contribution < 1.29 is 13.3 Å². The predicted molar refractivity (Wildman–Crippen MR) is 76.5 cm³/mol. The normalized spacial score (nSPS) is 15.7. The van der Waals surface area contributed by atoms with E-state index >= 15 is 0 Å². The van der Waals surface area contributed by atoms with E-state index in [1.54, 1.807) is 0 Å². The third-order valence-electron chi connectivity index (χ3n) is 2.68. The maximum atomic E-state index is 6.06. The van der Waals surface area contributed by atoms with Crippen molar-refractivity contribution in [2.75, 3.05) is 19.8 Å². The highest BCUT2D eigenvalue weighted by atomic mass is 28.4. The summed E-state index contributed by atoms with van der Waals surface area (Å²) in [4.78, 5) is 0. The lowest BCUT2D eigenvalue weighted by molar-refractivity contribution is 0.0571. The molecule has 1 aliphatic carbocycles. The summed E-state index contributed by atoms with van der Waals surface area (Å²) in [5, 5.41) is 0. The van der Waals surface area contributed by atoms with Crippen LogP contribution in [-0.4, -0.2) is 28.6 Å². The molecule has 0 aromatic rings. The van der Waals surface area contributed by atoms with Gasteiger partial charge in [0, 0.05) is 19.8 Å². The van der Waals surface area contributed by atoms with E-state index in [1.165, 1.54) is 0 Å². The molecule has 3 nitrogen and oxygen atoms in total. The summed E-state index contributed by atoms with van der Waals surface area (Å²) in [6.45, 7) is 8.45. The Hall–Kier alpha value is -0.423. The highest BCUT2D eigenvalue weighted by Gasteiger charge is 2.47. The molecule has 0 radical (unpaired) electrons. The van der Waals surface area contributed by atoms with Gasteiger partial charge in [0.05, 0.1) is 5.54 Å². The molecule has 0 bridgehead atoms. The lowest BCUT2D eigenvalue weighted by atomic mass is 10.5. The first-order chi connectivity index (χ1) is 8.79. The maximum absolute atomic E-state index is 6.06. The average molecular weight is 270 g/mol. The summed E-state index contributed by atoms with van der Waals surface area (Å²) in [6.07, 6.45) is 11.3. The Balaban J connectivity index is 2.76. The monoisotopic (exact) mass is 270 g/mol. The minimum Gasteiger partial charge on any atom is -0.373 e. The Labute approximate surface area is 112 Å². The Morgan fingerprint density at radius 1 is 0.778 bits per heavy atom. The van der Waals surface area contributed by atoms with Crippen molar-refractivity contribution >= 4 is 8.80 Å². The fourth-order valence-electron chi connectivity index (χ4n) is 1.81. The van der Waals surface area contributed by atoms with Crippen LogP contribution in [-0.2, 0) is 13.3 Å². The summed E-state index contributed by atoms with van der Waals surface area (Å²) in [5.74, 6) is 0. The van der Waals surface area contributed by atoms with Crippen molar-refractivity contribution in [1.29, 1.82) is 0 Å². The number of hydrogen-bond donors (Lipinski definition) is 0. The molecule has 1 rings (SSSR count). The molecule has 1 aliphatic rings. The van der Waals surface area contributed by atoms with Gasteiger partial charge in [-0.2, -0.15) is 0 Å². The minimum atomic E-state index is -2.60. The summed E-state index contributed by atoms with van der Waals surface area (Å²) < 4.78 is 18.2. The van der Waals surface area contributed by atoms with E-state index in [9.17, 15) is 0 Å². The van der Waals surface area contributed by atoms with Crippen LogP contribution in [0.3, 0.4) is 0 Å². The molecule has 0 unspecified atom stereocenters. The Bertz CT molecular complexity index is 242. The highest BCUT2D eigenvalue weighted by Crippen LogP contribution is 2.32. The standard InChI is InChI=1S/C14H26O3Si/c1-4-11-15-18(16-12-5-2,17-13-6-3)14-9-7-8-10-14/h7-10,14H,4-6,11-13H2,1-3H3. The Kier molecular flexibility index (Phi) is 7.50. The molecule has 4 heteroatoms. The van der Waals surface area contributed by atoms with Crippen LogP contribution in [0.25, 0.3) is 0 Å². The highest BCUT2D eigenvalue weighted by molar-refractivity contribution is 6.63. The van der Waals surface area contributed by atoms with E-state index in [-0.39, 0.29) is 5.54 Å². The van der Waals surface area contributed by atoms with Crippen molar-refractivity contribution in [2.45, 2.75) is 45.6 Å². The molecule has 104 valence electrons. The largest absolute Gasteiger partial charge is 0.512 e. The molecule has 0 amide bonds. The third kappa shape index (κ3) is 4.35. The molecule has 0 saturated heterocycles. The fraction of sp³-hybridized carbons (Fsp3) is 0.714. The van der Waals surface area contributed by atoms with Gasteiger partial charge in [-0.15, -0.1) is 0 Å². The lowest BCUT2D eigenvalue weighted by Gasteiger charge is -2.32. The zero-order valence-electron chi connectivity index (χ0n) is 11.9. The van der Waals surface area contributed by atoms with Crippen LogP contribution in [0.1, 0.15) is 40.0 Å². The van der Waals surface area contributed by atoms with E-state index in [2.05, 4.69) is 32.9 Å². The summed E-state index contributed by atoms with van der Waals surface area (Å²) in [7, 11) is -2.60. The van der Waals surface area contributed by atoms with Gasteiger partial charge < -0.3 is 13.3 Å². The van der Waals surface area contributed by atoms with E-state index in [1.807, 2.05) is 12.2 Å². The molecule has 0 heterocycles. The van der Waals surface area contributed by atoms with E-state index < -0.39 is 8.80 Å². The fourth-order valence-corrected chi connectivity index (χ4v) is 4.80. The first kappa shape index (κ1) is 15.6. The SMILES string of the molecule is CCCO[Si](OCCC)(OCCC)C1C=CC=C1. The molecule has 0 spiro atoms. The van der Waals surface area contributed by atoms with Gasteiger partial charge in [0.2, 0.25) is 0 Å². The van der Waals surface area contributed by atoms with Crippen LogP contribution in [0.4, 0.5) is 0 Å². The van der Waals surface area contributed by atoms with E-state index in [0.717, 1.165) is 19.3 Å². The van der Waals surface area contributed by atoms with Gasteiger partial charge in [-0.3, -0.25) is 0 Å². The van der Waals surface area contributed by atoms with Gasteiger partial charge in [-0.1, -0.05) is 45.1 Å². The van der Waals surface area contributed by atoms with Gasteiger partial charge in [-0.05, 0) is 19.3 Å². The Morgan fingerprint density at radius 3 is 1.50 bits per heavy atom. The van der Waals surface area contributed by atoms with Crippen LogP contribution < -0.4 is 0 Å². The van der Waals surface area contributed by atoms with Crippen LogP contribution in [0.5, 0.6) is 0 Å². The molecular formula is C14H26O3Si. The Morgan fingerprint density at radius 2 is 1.17 bits per heavy atom. The predicted octanol–water partition coefficient (Wildman–Crippen LogP) is 3.70. The topological polar surface area (TPSA) is 27.7 Å². The molecular weight excluding hydrogens is 244 g/mol. The first-order valence-electron chi connectivity index (χ1n) is 7.06. The van der Waals surface area contributed by atoms with Crippen molar-refractivity contribution in [3.05, 3.63) is 24.3 Å². The maximum Gasteiger partial charge on any atom is 0.512 e. The number of rotatable bonds is 10. The summed E-state index contributed by atoms with van der Waals surface area (Å²) >= 11 is 0. The first-order valence-corrected chi connectivity index (χ1v) is 8.86. The molecule has 0 saturated carbocycles. The number of allylic oxidation sites excluding steroid dienone is 4. The molecule has 0 atom stereocenters. The van der Waals surface area contributed by atoms with Gasteiger partial charge in [0.1, 0.15) is 0 Å². The molecule has 0 aliphatic heterocycles. The quantitative estimate of drug-likeness (QED) is 0.566. The zero-order valence-corrected chi connectivity index (χ0v) is 12.9. The van der Waals surface area contributed by atoms with E-state index in [4.69, 9.17) is 13.3 Å². The van der Waals surface area contributed by atoms with Crippen molar-refractivity contribution in [1.82, 2.24) is 0 Å². The molecule has 18 heavy (non-hydrogen) atoms. The van der Waals surface area contributed by atoms with Gasteiger partial charge in [0.25, 0.3) is 0 Å². The van der Waals surface area contributed by atoms with E-state index in [0.29, 0.717) is 19.8 Å². The van der Waals surface area contributed by atoms with Crippen LogP contribution in [0.15, 0.2) is 24.3 Å². The molecule has 0 aromatic carbocycles. The molecule has 0 fully saturated rings. The van der Waals surface area contributed by atoms with Crippen LogP contribution >= 0.6 is 0 Å². The molecule has 0 aromatic heterocycles. The lowest BCUT2D eigenvalue weighted by Crippen LogP contribution is -2.49. The van der Waals surface area contributed by atoms with Crippen LogP contribution in [0, 0.1) is 0 Å². The smallest absolute Gasteiger partial charge is 0.373 e. The second-order valence-electron chi connectivity index (χ2n) is 4.44. The van der Waals surface area contributed by atoms with Crippen LogP contribution in [0.2, 0.25) is 5.54 Å². The number of hydrogen-bond acceptors (Lipinski definition) is 3. The minimum absolute atomic E-state index is 0.183. The van der Waals surface area contributed by atoms with Crippen molar-refractivity contribution in [2.24, 2.45) is 0 Å². The average Bonchev–Trinajstić information content (AvgIpc) is 2.93. The summed E-state index contributed by atoms with van der Waals surface area (Å²) in [6, 6.07) is 0.